The van der Waals surface area contributed by atoms with E-state index in [0.29, 0.717) is 0 Å². The molecule has 1 rings (SSSR count). The van der Waals surface area contributed by atoms with E-state index in [9.17, 15) is 13.2 Å². The highest BCUT2D eigenvalue weighted by atomic mass is 19.4. The molecule has 7 heteroatoms. The van der Waals surface area contributed by atoms with Crippen LogP contribution in [0.15, 0.2) is 0 Å². The van der Waals surface area contributed by atoms with E-state index in [4.69, 9.17) is 19.4 Å². The molecule has 1 saturated heterocycles. The SMILES string of the molecule is C1COCCO1.O=C(O)C(F)(F)F. The van der Waals surface area contributed by atoms with Crippen LogP contribution in [0.4, 0.5) is 13.2 Å². The minimum Gasteiger partial charge on any atom is -0.475 e. The molecule has 0 aromatic heterocycles. The van der Waals surface area contributed by atoms with E-state index in [1.54, 1.807) is 0 Å². The first-order valence-electron chi connectivity index (χ1n) is 3.40. The molecule has 0 spiro atoms. The monoisotopic (exact) mass is 202 g/mol. The first kappa shape index (κ1) is 12.2. The zero-order chi connectivity index (χ0) is 10.3. The summed E-state index contributed by atoms with van der Waals surface area (Å²) in [4.78, 5) is 8.90. The minimum absolute atomic E-state index is 0.778. The molecule has 1 fully saturated rings. The Morgan fingerprint density at radius 3 is 1.38 bits per heavy atom. The van der Waals surface area contributed by atoms with E-state index < -0.39 is 12.1 Å². The van der Waals surface area contributed by atoms with Crippen LogP contribution in [0.1, 0.15) is 0 Å². The van der Waals surface area contributed by atoms with E-state index in [2.05, 4.69) is 0 Å². The average molecular weight is 202 g/mol. The molecule has 0 bridgehead atoms. The standard InChI is InChI=1S/C4H8O2.C2HF3O2/c1-2-6-4-3-5-1;3-2(4,5)1(6)7/h1-4H2;(H,6,7). The zero-order valence-corrected chi connectivity index (χ0v) is 6.63. The smallest absolute Gasteiger partial charge is 0.475 e. The Bertz CT molecular complexity index is 141. The molecule has 78 valence electrons. The lowest BCUT2D eigenvalue weighted by molar-refractivity contribution is -0.192. The third-order valence-corrected chi connectivity index (χ3v) is 0.987. The first-order valence-corrected chi connectivity index (χ1v) is 3.40. The van der Waals surface area contributed by atoms with Gasteiger partial charge in [-0.3, -0.25) is 0 Å². The molecular formula is C6H9F3O4. The summed E-state index contributed by atoms with van der Waals surface area (Å²) in [7, 11) is 0. The Kier molecular flexibility index (Phi) is 5.40. The van der Waals surface area contributed by atoms with E-state index in [1.165, 1.54) is 0 Å². The molecule has 0 aliphatic carbocycles. The van der Waals surface area contributed by atoms with Crippen molar-refractivity contribution in [2.45, 2.75) is 6.18 Å². The molecule has 1 aliphatic heterocycles. The van der Waals surface area contributed by atoms with Gasteiger partial charge in [0.2, 0.25) is 0 Å². The lowest BCUT2D eigenvalue weighted by Crippen LogP contribution is -2.21. The van der Waals surface area contributed by atoms with Gasteiger partial charge in [0.05, 0.1) is 26.4 Å². The predicted molar refractivity (Wildman–Crippen MR) is 35.3 cm³/mol. The van der Waals surface area contributed by atoms with Crippen LogP contribution in [0.25, 0.3) is 0 Å². The van der Waals surface area contributed by atoms with Crippen LogP contribution in [-0.4, -0.2) is 43.7 Å². The van der Waals surface area contributed by atoms with Crippen molar-refractivity contribution in [3.63, 3.8) is 0 Å². The van der Waals surface area contributed by atoms with Crippen molar-refractivity contribution in [2.75, 3.05) is 26.4 Å². The fraction of sp³-hybridized carbons (Fsp3) is 0.833. The fourth-order valence-electron chi connectivity index (χ4n) is 0.440. The number of carboxylic acids is 1. The van der Waals surface area contributed by atoms with Crippen LogP contribution < -0.4 is 0 Å². The van der Waals surface area contributed by atoms with Crippen molar-refractivity contribution in [3.05, 3.63) is 0 Å². The Balaban J connectivity index is 0.000000223. The summed E-state index contributed by atoms with van der Waals surface area (Å²) in [6.07, 6.45) is -5.08. The molecular weight excluding hydrogens is 193 g/mol. The molecule has 0 atom stereocenters. The van der Waals surface area contributed by atoms with Crippen LogP contribution >= 0.6 is 0 Å². The number of halogens is 3. The van der Waals surface area contributed by atoms with E-state index >= 15 is 0 Å². The van der Waals surface area contributed by atoms with Crippen LogP contribution in [0.2, 0.25) is 0 Å². The summed E-state index contributed by atoms with van der Waals surface area (Å²) in [5.41, 5.74) is 0. The molecule has 4 nitrogen and oxygen atoms in total. The summed E-state index contributed by atoms with van der Waals surface area (Å²) in [6.45, 7) is 3.11. The summed E-state index contributed by atoms with van der Waals surface area (Å²) in [6, 6.07) is 0. The van der Waals surface area contributed by atoms with Gasteiger partial charge in [-0.1, -0.05) is 0 Å². The number of aliphatic carboxylic acids is 1. The molecule has 1 heterocycles. The highest BCUT2D eigenvalue weighted by Crippen LogP contribution is 2.13. The van der Waals surface area contributed by atoms with Gasteiger partial charge in [-0.2, -0.15) is 13.2 Å². The maximum absolute atomic E-state index is 10.6. The Labute approximate surface area is 72.2 Å². The van der Waals surface area contributed by atoms with Gasteiger partial charge in [0.15, 0.2) is 0 Å². The Hall–Kier alpha value is -0.820. The molecule has 0 amide bonds. The summed E-state index contributed by atoms with van der Waals surface area (Å²) >= 11 is 0. The Morgan fingerprint density at radius 2 is 1.31 bits per heavy atom. The van der Waals surface area contributed by atoms with Crippen molar-refractivity contribution in [1.29, 1.82) is 0 Å². The maximum Gasteiger partial charge on any atom is 0.490 e. The lowest BCUT2D eigenvalue weighted by atomic mass is 10.6. The predicted octanol–water partition coefficient (Wildman–Crippen LogP) is 0.667. The number of rotatable bonds is 0. The van der Waals surface area contributed by atoms with E-state index in [0.717, 1.165) is 26.4 Å². The molecule has 0 saturated carbocycles. The van der Waals surface area contributed by atoms with Crippen molar-refractivity contribution in [1.82, 2.24) is 0 Å². The summed E-state index contributed by atoms with van der Waals surface area (Å²) < 4.78 is 41.6. The van der Waals surface area contributed by atoms with Crippen molar-refractivity contribution < 1.29 is 32.5 Å². The zero-order valence-electron chi connectivity index (χ0n) is 6.63. The largest absolute Gasteiger partial charge is 0.490 e. The molecule has 1 N–H and O–H groups in total. The summed E-state index contributed by atoms with van der Waals surface area (Å²) in [5.74, 6) is -2.76. The van der Waals surface area contributed by atoms with Gasteiger partial charge in [-0.25, -0.2) is 4.79 Å². The third kappa shape index (κ3) is 7.54. The molecule has 13 heavy (non-hydrogen) atoms. The fourth-order valence-corrected chi connectivity index (χ4v) is 0.440. The maximum atomic E-state index is 10.6. The third-order valence-electron chi connectivity index (χ3n) is 0.987. The number of alkyl halides is 3. The Morgan fingerprint density at radius 1 is 1.08 bits per heavy atom. The van der Waals surface area contributed by atoms with Crippen molar-refractivity contribution in [3.8, 4) is 0 Å². The number of hydrogen-bond donors (Lipinski definition) is 1. The van der Waals surface area contributed by atoms with Crippen LogP contribution in [0, 0.1) is 0 Å². The second kappa shape index (κ2) is 5.76. The normalized spacial score (nSPS) is 17.2. The number of carbonyl (C=O) groups is 1. The van der Waals surface area contributed by atoms with Crippen LogP contribution in [0.3, 0.4) is 0 Å². The van der Waals surface area contributed by atoms with Crippen LogP contribution in [0.5, 0.6) is 0 Å². The highest BCUT2D eigenvalue weighted by Gasteiger charge is 2.38. The molecule has 0 radical (unpaired) electrons. The van der Waals surface area contributed by atoms with Gasteiger partial charge < -0.3 is 14.6 Å². The summed E-state index contributed by atoms with van der Waals surface area (Å²) in [5, 5.41) is 7.12. The van der Waals surface area contributed by atoms with Crippen molar-refractivity contribution >= 4 is 5.97 Å². The van der Waals surface area contributed by atoms with Crippen molar-refractivity contribution in [2.24, 2.45) is 0 Å². The van der Waals surface area contributed by atoms with Gasteiger partial charge in [0, 0.05) is 0 Å². The molecule has 0 aromatic rings. The van der Waals surface area contributed by atoms with Gasteiger partial charge in [-0.05, 0) is 0 Å². The molecule has 0 aromatic carbocycles. The van der Waals surface area contributed by atoms with Gasteiger partial charge in [0.1, 0.15) is 0 Å². The topological polar surface area (TPSA) is 55.8 Å². The van der Waals surface area contributed by atoms with Gasteiger partial charge in [-0.15, -0.1) is 0 Å². The minimum atomic E-state index is -5.08. The molecule has 1 aliphatic rings. The lowest BCUT2D eigenvalue weighted by Gasteiger charge is -2.09. The van der Waals surface area contributed by atoms with Crippen LogP contribution in [-0.2, 0) is 14.3 Å². The first-order chi connectivity index (χ1) is 5.94. The second-order valence-corrected chi connectivity index (χ2v) is 2.03. The van der Waals surface area contributed by atoms with Gasteiger partial charge in [0.25, 0.3) is 0 Å². The highest BCUT2D eigenvalue weighted by molar-refractivity contribution is 5.73. The average Bonchev–Trinajstić information content (AvgIpc) is 2.07. The van der Waals surface area contributed by atoms with E-state index in [1.807, 2.05) is 0 Å². The van der Waals surface area contributed by atoms with E-state index in [-0.39, 0.29) is 0 Å². The quantitative estimate of drug-likeness (QED) is 0.627. The second-order valence-electron chi connectivity index (χ2n) is 2.03. The number of ether oxygens (including phenoxy) is 2. The number of hydrogen-bond acceptors (Lipinski definition) is 3. The molecule has 0 unspecified atom stereocenters. The number of carboxylic acid groups (broad SMARTS) is 1. The van der Waals surface area contributed by atoms with Gasteiger partial charge >= 0.3 is 12.1 Å².